The molecule has 0 bridgehead atoms. The molecular formula is C20H19Cl3N2O4. The molecule has 2 N–H and O–H groups in total. The molecule has 0 saturated carbocycles. The standard InChI is InChI=1S/C20H19Cl3N2O4/c1-11-3-4-16(12(2)5-11)29-20(9-26,10-27)17-8-18(28)25(24-17)19-14(22)6-13(21)7-15(19)23/h3-7,26-27H,8-10H2,1-2H3. The minimum atomic E-state index is -1.59. The second-order valence-electron chi connectivity index (χ2n) is 6.83. The lowest BCUT2D eigenvalue weighted by Gasteiger charge is -2.31. The first kappa shape index (κ1) is 21.9. The van der Waals surface area contributed by atoms with Gasteiger partial charge in [-0.3, -0.25) is 4.79 Å². The summed E-state index contributed by atoms with van der Waals surface area (Å²) in [5.41, 5.74) is 0.612. The summed E-state index contributed by atoms with van der Waals surface area (Å²) in [4.78, 5) is 12.7. The third-order valence-corrected chi connectivity index (χ3v) is 5.44. The summed E-state index contributed by atoms with van der Waals surface area (Å²) in [6.07, 6.45) is -0.179. The summed E-state index contributed by atoms with van der Waals surface area (Å²) in [6.45, 7) is 2.63. The van der Waals surface area contributed by atoms with Crippen LogP contribution in [-0.4, -0.2) is 40.6 Å². The lowest BCUT2D eigenvalue weighted by atomic mass is 9.96. The Morgan fingerprint density at radius 3 is 2.28 bits per heavy atom. The Labute approximate surface area is 183 Å². The predicted molar refractivity (Wildman–Crippen MR) is 114 cm³/mol. The average Bonchev–Trinajstić information content (AvgIpc) is 3.02. The van der Waals surface area contributed by atoms with E-state index in [2.05, 4.69) is 5.10 Å². The summed E-state index contributed by atoms with van der Waals surface area (Å²) in [6, 6.07) is 8.40. The molecule has 0 aromatic heterocycles. The van der Waals surface area contributed by atoms with Crippen LogP contribution in [0.4, 0.5) is 5.69 Å². The molecular weight excluding hydrogens is 439 g/mol. The van der Waals surface area contributed by atoms with Crippen LogP contribution < -0.4 is 9.75 Å². The van der Waals surface area contributed by atoms with Gasteiger partial charge in [-0.1, -0.05) is 52.5 Å². The van der Waals surface area contributed by atoms with Gasteiger partial charge < -0.3 is 14.9 Å². The highest BCUT2D eigenvalue weighted by Gasteiger charge is 2.44. The number of hydrogen-bond acceptors (Lipinski definition) is 5. The molecule has 1 amide bonds. The van der Waals surface area contributed by atoms with Gasteiger partial charge in [0.1, 0.15) is 11.4 Å². The number of hydrogen-bond donors (Lipinski definition) is 2. The van der Waals surface area contributed by atoms with Crippen LogP contribution in [0.2, 0.25) is 15.1 Å². The molecule has 0 fully saturated rings. The van der Waals surface area contributed by atoms with Crippen molar-refractivity contribution in [2.45, 2.75) is 25.9 Å². The van der Waals surface area contributed by atoms with Crippen molar-refractivity contribution in [3.8, 4) is 5.75 Å². The Hall–Kier alpha value is -1.83. The molecule has 0 saturated heterocycles. The summed E-state index contributed by atoms with van der Waals surface area (Å²) in [5.74, 6) is 0.0384. The van der Waals surface area contributed by atoms with Gasteiger partial charge in [0.25, 0.3) is 5.91 Å². The third-order valence-electron chi connectivity index (χ3n) is 4.64. The van der Waals surface area contributed by atoms with Crippen LogP contribution >= 0.6 is 34.8 Å². The van der Waals surface area contributed by atoms with Gasteiger partial charge in [-0.2, -0.15) is 10.1 Å². The highest BCUT2D eigenvalue weighted by atomic mass is 35.5. The maximum absolute atomic E-state index is 12.7. The normalized spacial score (nSPS) is 14.4. The van der Waals surface area contributed by atoms with Crippen LogP contribution in [0.3, 0.4) is 0 Å². The molecule has 6 nitrogen and oxygen atoms in total. The van der Waals surface area contributed by atoms with E-state index in [1.165, 1.54) is 12.1 Å². The minimum Gasteiger partial charge on any atom is -0.476 e. The summed E-state index contributed by atoms with van der Waals surface area (Å²) in [5, 5.41) is 26.1. The number of aryl methyl sites for hydroxylation is 2. The zero-order valence-electron chi connectivity index (χ0n) is 15.7. The zero-order chi connectivity index (χ0) is 21.3. The monoisotopic (exact) mass is 456 g/mol. The van der Waals surface area contributed by atoms with Crippen LogP contribution in [0.5, 0.6) is 5.75 Å². The molecule has 0 unspecified atom stereocenters. The topological polar surface area (TPSA) is 82.4 Å². The van der Waals surface area contributed by atoms with Crippen LogP contribution in [0.1, 0.15) is 17.5 Å². The van der Waals surface area contributed by atoms with Crippen molar-refractivity contribution in [1.29, 1.82) is 0 Å². The van der Waals surface area contributed by atoms with Gasteiger partial charge in [0.2, 0.25) is 0 Å². The third kappa shape index (κ3) is 4.22. The van der Waals surface area contributed by atoms with E-state index >= 15 is 0 Å². The van der Waals surface area contributed by atoms with E-state index < -0.39 is 24.7 Å². The highest BCUT2D eigenvalue weighted by molar-refractivity contribution is 6.42. The van der Waals surface area contributed by atoms with Crippen LogP contribution in [0.15, 0.2) is 35.4 Å². The van der Waals surface area contributed by atoms with Gasteiger partial charge in [-0.15, -0.1) is 0 Å². The quantitative estimate of drug-likeness (QED) is 0.682. The number of aliphatic hydroxyl groups is 2. The van der Waals surface area contributed by atoms with Gasteiger partial charge in [-0.25, -0.2) is 0 Å². The fourth-order valence-corrected chi connectivity index (χ4v) is 4.05. The van der Waals surface area contributed by atoms with Gasteiger partial charge >= 0.3 is 0 Å². The number of carbonyl (C=O) groups excluding carboxylic acids is 1. The number of halogens is 3. The second-order valence-corrected chi connectivity index (χ2v) is 8.08. The Morgan fingerprint density at radius 1 is 1.10 bits per heavy atom. The molecule has 0 aliphatic carbocycles. The lowest BCUT2D eigenvalue weighted by Crippen LogP contribution is -2.51. The molecule has 2 aromatic carbocycles. The lowest BCUT2D eigenvalue weighted by molar-refractivity contribution is -0.117. The maximum atomic E-state index is 12.7. The number of ether oxygens (including phenoxy) is 1. The Bertz CT molecular complexity index is 967. The smallest absolute Gasteiger partial charge is 0.253 e. The molecule has 154 valence electrons. The summed E-state index contributed by atoms with van der Waals surface area (Å²) < 4.78 is 5.99. The van der Waals surface area contributed by atoms with Gasteiger partial charge in [0.05, 0.1) is 35.4 Å². The Morgan fingerprint density at radius 2 is 1.72 bits per heavy atom. The first-order valence-corrected chi connectivity index (χ1v) is 9.87. The number of nitrogens with zero attached hydrogens (tertiary/aromatic N) is 2. The first-order chi connectivity index (χ1) is 13.7. The molecule has 3 rings (SSSR count). The number of aliphatic hydroxyl groups excluding tert-OH is 2. The van der Waals surface area contributed by atoms with Crippen LogP contribution in [-0.2, 0) is 4.79 Å². The first-order valence-electron chi connectivity index (χ1n) is 8.74. The molecule has 2 aromatic rings. The number of carbonyl (C=O) groups is 1. The number of rotatable bonds is 6. The van der Waals surface area contributed by atoms with Crippen molar-refractivity contribution in [3.05, 3.63) is 56.5 Å². The van der Waals surface area contributed by atoms with Crippen molar-refractivity contribution < 1.29 is 19.7 Å². The largest absolute Gasteiger partial charge is 0.476 e. The van der Waals surface area contributed by atoms with E-state index in [0.29, 0.717) is 10.8 Å². The SMILES string of the molecule is Cc1ccc(OC(CO)(CO)C2=NN(c3c(Cl)cc(Cl)cc3Cl)C(=O)C2)c(C)c1. The molecule has 0 radical (unpaired) electrons. The fraction of sp³-hybridized carbons (Fsp3) is 0.300. The van der Waals surface area contributed by atoms with Crippen molar-refractivity contribution in [2.75, 3.05) is 18.2 Å². The second kappa shape index (κ2) is 8.50. The molecule has 0 atom stereocenters. The summed E-state index contributed by atoms with van der Waals surface area (Å²) in [7, 11) is 0. The van der Waals surface area contributed by atoms with Crippen LogP contribution in [0, 0.1) is 13.8 Å². The van der Waals surface area contributed by atoms with E-state index in [4.69, 9.17) is 39.5 Å². The molecule has 1 aliphatic heterocycles. The number of anilines is 1. The molecule has 29 heavy (non-hydrogen) atoms. The van der Waals surface area contributed by atoms with Crippen molar-refractivity contribution in [2.24, 2.45) is 5.10 Å². The van der Waals surface area contributed by atoms with Crippen molar-refractivity contribution >= 4 is 52.1 Å². The highest BCUT2D eigenvalue weighted by Crippen LogP contribution is 2.39. The van der Waals surface area contributed by atoms with Crippen molar-refractivity contribution in [3.63, 3.8) is 0 Å². The average molecular weight is 458 g/mol. The summed E-state index contributed by atoms with van der Waals surface area (Å²) >= 11 is 18.4. The number of benzene rings is 2. The van der Waals surface area contributed by atoms with Crippen molar-refractivity contribution in [1.82, 2.24) is 0 Å². The molecule has 9 heteroatoms. The Balaban J connectivity index is 2.02. The maximum Gasteiger partial charge on any atom is 0.253 e. The zero-order valence-corrected chi connectivity index (χ0v) is 18.0. The van der Waals surface area contributed by atoms with E-state index in [-0.39, 0.29) is 27.9 Å². The van der Waals surface area contributed by atoms with E-state index in [1.54, 1.807) is 6.07 Å². The van der Waals surface area contributed by atoms with Gasteiger partial charge in [-0.05, 0) is 37.6 Å². The predicted octanol–water partition coefficient (Wildman–Crippen LogP) is 4.16. The fourth-order valence-electron chi connectivity index (χ4n) is 3.07. The molecule has 1 aliphatic rings. The molecule has 0 spiro atoms. The number of hydrazone groups is 1. The van der Waals surface area contributed by atoms with E-state index in [9.17, 15) is 15.0 Å². The molecule has 1 heterocycles. The van der Waals surface area contributed by atoms with Gasteiger partial charge in [0.15, 0.2) is 5.60 Å². The van der Waals surface area contributed by atoms with E-state index in [0.717, 1.165) is 16.1 Å². The minimum absolute atomic E-state index is 0.148. The van der Waals surface area contributed by atoms with Gasteiger partial charge in [0, 0.05) is 5.02 Å². The number of amides is 1. The van der Waals surface area contributed by atoms with Crippen LogP contribution in [0.25, 0.3) is 0 Å². The van der Waals surface area contributed by atoms with E-state index in [1.807, 2.05) is 26.0 Å². The Kier molecular flexibility index (Phi) is 6.41.